The van der Waals surface area contributed by atoms with Gasteiger partial charge in [-0.1, -0.05) is 12.1 Å². The molecule has 19 heavy (non-hydrogen) atoms. The van der Waals surface area contributed by atoms with E-state index in [-0.39, 0.29) is 0 Å². The van der Waals surface area contributed by atoms with Crippen LogP contribution in [-0.4, -0.2) is 23.2 Å². The van der Waals surface area contributed by atoms with E-state index >= 15 is 0 Å². The molecule has 2 aromatic rings. The first-order chi connectivity index (χ1) is 9.10. The van der Waals surface area contributed by atoms with Crippen LogP contribution < -0.4 is 4.74 Å². The molecule has 0 aliphatic carbocycles. The molecule has 0 aliphatic rings. The van der Waals surface area contributed by atoms with E-state index in [2.05, 4.69) is 4.98 Å². The van der Waals surface area contributed by atoms with E-state index in [1.807, 2.05) is 36.6 Å². The molecule has 0 fully saturated rings. The lowest BCUT2D eigenvalue weighted by Crippen LogP contribution is -2.14. The zero-order valence-corrected chi connectivity index (χ0v) is 11.6. The van der Waals surface area contributed by atoms with Gasteiger partial charge in [-0.25, -0.2) is 4.98 Å². The number of hydrogen-bond donors (Lipinski definition) is 1. The zero-order valence-electron chi connectivity index (χ0n) is 10.8. The number of methoxy groups -OCH3 is 1. The number of rotatable bonds is 5. The van der Waals surface area contributed by atoms with Crippen molar-refractivity contribution in [2.24, 2.45) is 0 Å². The van der Waals surface area contributed by atoms with Crippen molar-refractivity contribution in [3.05, 3.63) is 45.9 Å². The molecule has 2 rings (SSSR count). The minimum atomic E-state index is -0.850. The van der Waals surface area contributed by atoms with E-state index in [0.29, 0.717) is 11.4 Å². The van der Waals surface area contributed by atoms with Gasteiger partial charge in [-0.2, -0.15) is 0 Å². The van der Waals surface area contributed by atoms with E-state index in [4.69, 9.17) is 4.74 Å². The Morgan fingerprint density at radius 3 is 2.89 bits per heavy atom. The summed E-state index contributed by atoms with van der Waals surface area (Å²) in [6, 6.07) is 7.46. The lowest BCUT2D eigenvalue weighted by molar-refractivity contribution is -0.138. The number of hydrogen-bond acceptors (Lipinski definition) is 4. The Hall–Kier alpha value is -1.88. The summed E-state index contributed by atoms with van der Waals surface area (Å²) in [5, 5.41) is 11.9. The van der Waals surface area contributed by atoms with Crippen molar-refractivity contribution < 1.29 is 14.6 Å². The number of carboxylic acids is 1. The molecule has 0 aliphatic heterocycles. The number of aliphatic carboxylic acids is 1. The molecule has 1 heterocycles. The van der Waals surface area contributed by atoms with Crippen LogP contribution in [0.2, 0.25) is 0 Å². The van der Waals surface area contributed by atoms with Crippen molar-refractivity contribution in [3.8, 4) is 5.75 Å². The largest absolute Gasteiger partial charge is 0.497 e. The molecular weight excluding hydrogens is 262 g/mol. The van der Waals surface area contributed by atoms with Crippen molar-refractivity contribution in [2.75, 3.05) is 7.11 Å². The average molecular weight is 277 g/mol. The highest BCUT2D eigenvalue weighted by Crippen LogP contribution is 2.26. The number of carbonyl (C=O) groups is 1. The van der Waals surface area contributed by atoms with Crippen LogP contribution in [0.4, 0.5) is 0 Å². The van der Waals surface area contributed by atoms with Crippen molar-refractivity contribution in [2.45, 2.75) is 19.3 Å². The van der Waals surface area contributed by atoms with E-state index in [1.165, 1.54) is 11.3 Å². The third kappa shape index (κ3) is 3.32. The van der Waals surface area contributed by atoms with Gasteiger partial charge in [0.05, 0.1) is 7.11 Å². The fraction of sp³-hybridized carbons (Fsp3) is 0.286. The first-order valence-electron chi connectivity index (χ1n) is 5.88. The minimum Gasteiger partial charge on any atom is -0.497 e. The predicted molar refractivity (Wildman–Crippen MR) is 73.9 cm³/mol. The zero-order chi connectivity index (χ0) is 13.8. The highest BCUT2D eigenvalue weighted by Gasteiger charge is 2.23. The molecule has 1 N–H and O–H groups in total. The van der Waals surface area contributed by atoms with Crippen LogP contribution in [0.1, 0.15) is 22.2 Å². The maximum Gasteiger partial charge on any atom is 0.313 e. The lowest BCUT2D eigenvalue weighted by atomic mass is 10.00. The fourth-order valence-electron chi connectivity index (χ4n) is 1.85. The number of aromatic nitrogens is 1. The average Bonchev–Trinajstić information content (AvgIpc) is 2.82. The standard InChI is InChI=1S/C14H15NO3S/c1-9-8-19-13(15-9)12(14(16)17)7-10-4-3-5-11(6-10)18-2/h3-6,8,12H,7H2,1-2H3,(H,16,17). The Balaban J connectivity index is 2.23. The van der Waals surface area contributed by atoms with E-state index in [1.54, 1.807) is 7.11 Å². The fourth-order valence-corrected chi connectivity index (χ4v) is 2.74. The van der Waals surface area contributed by atoms with Gasteiger partial charge in [-0.15, -0.1) is 11.3 Å². The smallest absolute Gasteiger partial charge is 0.313 e. The second-order valence-corrected chi connectivity index (χ2v) is 5.16. The Morgan fingerprint density at radius 2 is 2.32 bits per heavy atom. The first kappa shape index (κ1) is 13.5. The molecule has 0 saturated heterocycles. The van der Waals surface area contributed by atoms with Crippen molar-refractivity contribution in [1.82, 2.24) is 4.98 Å². The summed E-state index contributed by atoms with van der Waals surface area (Å²) in [6.45, 7) is 1.87. The Kier molecular flexibility index (Phi) is 4.16. The van der Waals surface area contributed by atoms with Crippen molar-refractivity contribution >= 4 is 17.3 Å². The molecule has 4 nitrogen and oxygen atoms in total. The first-order valence-corrected chi connectivity index (χ1v) is 6.76. The maximum atomic E-state index is 11.4. The molecule has 0 bridgehead atoms. The summed E-state index contributed by atoms with van der Waals surface area (Å²) < 4.78 is 5.15. The summed E-state index contributed by atoms with van der Waals surface area (Å²) in [5.41, 5.74) is 1.79. The van der Waals surface area contributed by atoms with Gasteiger partial charge in [-0.05, 0) is 31.0 Å². The molecule has 5 heteroatoms. The van der Waals surface area contributed by atoms with Crippen LogP contribution in [-0.2, 0) is 11.2 Å². The van der Waals surface area contributed by atoms with Gasteiger partial charge in [0.15, 0.2) is 0 Å². The molecule has 0 saturated carbocycles. The molecule has 1 atom stereocenters. The molecular formula is C14H15NO3S. The Morgan fingerprint density at radius 1 is 1.53 bits per heavy atom. The molecule has 1 aromatic heterocycles. The van der Waals surface area contributed by atoms with E-state index in [9.17, 15) is 9.90 Å². The predicted octanol–water partition coefficient (Wildman–Crippen LogP) is 2.87. The van der Waals surface area contributed by atoms with Gasteiger partial charge >= 0.3 is 5.97 Å². The van der Waals surface area contributed by atoms with Crippen LogP contribution in [0.5, 0.6) is 5.75 Å². The van der Waals surface area contributed by atoms with Crippen LogP contribution in [0, 0.1) is 6.92 Å². The highest BCUT2D eigenvalue weighted by molar-refractivity contribution is 7.09. The molecule has 1 aromatic carbocycles. The number of nitrogens with zero attached hydrogens (tertiary/aromatic N) is 1. The number of ether oxygens (including phenoxy) is 1. The highest BCUT2D eigenvalue weighted by atomic mass is 32.1. The number of carboxylic acid groups (broad SMARTS) is 1. The topological polar surface area (TPSA) is 59.4 Å². The van der Waals surface area contributed by atoms with Crippen molar-refractivity contribution in [3.63, 3.8) is 0 Å². The molecule has 1 unspecified atom stereocenters. The molecule has 100 valence electrons. The van der Waals surface area contributed by atoms with Crippen molar-refractivity contribution in [1.29, 1.82) is 0 Å². The molecule has 0 spiro atoms. The second-order valence-electron chi connectivity index (χ2n) is 4.27. The molecule has 0 amide bonds. The normalized spacial score (nSPS) is 12.1. The third-order valence-corrected chi connectivity index (χ3v) is 3.88. The Labute approximate surface area is 115 Å². The lowest BCUT2D eigenvalue weighted by Gasteiger charge is -2.10. The summed E-state index contributed by atoms with van der Waals surface area (Å²) in [7, 11) is 1.60. The summed E-state index contributed by atoms with van der Waals surface area (Å²) >= 11 is 1.39. The minimum absolute atomic E-state index is 0.416. The number of thiazole rings is 1. The van der Waals surface area contributed by atoms with Gasteiger partial charge in [0.25, 0.3) is 0 Å². The maximum absolute atomic E-state index is 11.4. The third-order valence-electron chi connectivity index (χ3n) is 2.81. The van der Waals surface area contributed by atoms with Gasteiger partial charge < -0.3 is 9.84 Å². The van der Waals surface area contributed by atoms with Gasteiger partial charge in [0.1, 0.15) is 16.7 Å². The summed E-state index contributed by atoms with van der Waals surface area (Å²) in [5.74, 6) is -0.722. The quantitative estimate of drug-likeness (QED) is 0.913. The van der Waals surface area contributed by atoms with Gasteiger partial charge in [0, 0.05) is 11.1 Å². The van der Waals surface area contributed by atoms with Gasteiger partial charge in [0.2, 0.25) is 0 Å². The van der Waals surface area contributed by atoms with Crippen LogP contribution in [0.15, 0.2) is 29.6 Å². The SMILES string of the molecule is COc1cccc(CC(C(=O)O)c2nc(C)cs2)c1. The van der Waals surface area contributed by atoms with Gasteiger partial charge in [-0.3, -0.25) is 4.79 Å². The van der Waals surface area contributed by atoms with E-state index < -0.39 is 11.9 Å². The summed E-state index contributed by atoms with van der Waals surface area (Å²) in [6.07, 6.45) is 0.416. The number of aryl methyl sites for hydroxylation is 1. The van der Waals surface area contributed by atoms with Crippen LogP contribution in [0.3, 0.4) is 0 Å². The Bertz CT molecular complexity index is 580. The second kappa shape index (κ2) is 5.84. The number of benzene rings is 1. The monoisotopic (exact) mass is 277 g/mol. The van der Waals surface area contributed by atoms with Crippen LogP contribution in [0.25, 0.3) is 0 Å². The molecule has 0 radical (unpaired) electrons. The van der Waals surface area contributed by atoms with E-state index in [0.717, 1.165) is 17.0 Å². The van der Waals surface area contributed by atoms with Crippen LogP contribution >= 0.6 is 11.3 Å². The summed E-state index contributed by atoms with van der Waals surface area (Å²) in [4.78, 5) is 15.7.